The Morgan fingerprint density at radius 2 is 2.05 bits per heavy atom. The summed E-state index contributed by atoms with van der Waals surface area (Å²) < 4.78 is 0. The number of hydrogen-bond donors (Lipinski definition) is 3. The number of carbonyl (C=O) groups excluding carboxylic acids is 1. The van der Waals surface area contributed by atoms with Crippen LogP contribution in [-0.4, -0.2) is 34.1 Å². The van der Waals surface area contributed by atoms with Gasteiger partial charge in [0.2, 0.25) is 5.91 Å². The van der Waals surface area contributed by atoms with Gasteiger partial charge in [0, 0.05) is 11.4 Å². The van der Waals surface area contributed by atoms with E-state index in [0.717, 1.165) is 4.90 Å². The highest BCUT2D eigenvalue weighted by Gasteiger charge is 2.38. The average molecular weight is 264 g/mol. The molecule has 19 heavy (non-hydrogen) atoms. The number of carboxylic acids is 2. The molecule has 1 aliphatic heterocycles. The number of nitrogens with zero attached hydrogens (tertiary/aromatic N) is 1. The van der Waals surface area contributed by atoms with Gasteiger partial charge in [0.05, 0.1) is 12.8 Å². The summed E-state index contributed by atoms with van der Waals surface area (Å²) in [5, 5.41) is 17.8. The van der Waals surface area contributed by atoms with E-state index in [-0.39, 0.29) is 6.42 Å². The number of nitrogens with two attached hydrogens (primary N) is 1. The first-order chi connectivity index (χ1) is 8.90. The van der Waals surface area contributed by atoms with Gasteiger partial charge >= 0.3 is 11.9 Å². The summed E-state index contributed by atoms with van der Waals surface area (Å²) in [5.41, 5.74) is 7.09. The van der Waals surface area contributed by atoms with Crippen molar-refractivity contribution in [1.82, 2.24) is 0 Å². The summed E-state index contributed by atoms with van der Waals surface area (Å²) in [6.07, 6.45) is -0.616. The normalized spacial score (nSPS) is 15.2. The molecule has 0 aromatic heterocycles. The van der Waals surface area contributed by atoms with Crippen molar-refractivity contribution in [3.05, 3.63) is 23.8 Å². The van der Waals surface area contributed by atoms with Crippen LogP contribution in [0.4, 0.5) is 11.4 Å². The van der Waals surface area contributed by atoms with Gasteiger partial charge < -0.3 is 15.9 Å². The number of aliphatic carboxylic acids is 2. The van der Waals surface area contributed by atoms with Crippen molar-refractivity contribution in [3.63, 3.8) is 0 Å². The minimum absolute atomic E-state index is 0.0315. The molecule has 7 nitrogen and oxygen atoms in total. The van der Waals surface area contributed by atoms with E-state index in [0.29, 0.717) is 16.9 Å². The molecule has 0 aliphatic carbocycles. The summed E-state index contributed by atoms with van der Waals surface area (Å²) in [7, 11) is 0. The molecule has 1 aromatic rings. The number of hydrogen-bond acceptors (Lipinski definition) is 4. The van der Waals surface area contributed by atoms with Gasteiger partial charge in [-0.3, -0.25) is 14.5 Å². The molecule has 1 atom stereocenters. The quantitative estimate of drug-likeness (QED) is 0.662. The Balaban J connectivity index is 2.41. The highest BCUT2D eigenvalue weighted by Crippen LogP contribution is 2.32. The van der Waals surface area contributed by atoms with Crippen molar-refractivity contribution in [2.45, 2.75) is 18.9 Å². The molecular formula is C12H12N2O5. The van der Waals surface area contributed by atoms with Crippen LogP contribution in [0.25, 0.3) is 0 Å². The third-order valence-electron chi connectivity index (χ3n) is 2.94. The fraction of sp³-hybridized carbons (Fsp3) is 0.250. The Kier molecular flexibility index (Phi) is 3.12. The highest BCUT2D eigenvalue weighted by molar-refractivity contribution is 6.06. The number of rotatable bonds is 4. The molecule has 100 valence electrons. The van der Waals surface area contributed by atoms with E-state index in [1.165, 1.54) is 6.07 Å². The number of anilines is 2. The monoisotopic (exact) mass is 264 g/mol. The largest absolute Gasteiger partial charge is 0.481 e. The van der Waals surface area contributed by atoms with E-state index < -0.39 is 30.3 Å². The summed E-state index contributed by atoms with van der Waals surface area (Å²) in [6, 6.07) is 3.26. The van der Waals surface area contributed by atoms with Crippen LogP contribution in [0.15, 0.2) is 18.2 Å². The van der Waals surface area contributed by atoms with Crippen LogP contribution in [0.3, 0.4) is 0 Å². The number of carboxylic acid groups (broad SMARTS) is 2. The summed E-state index contributed by atoms with van der Waals surface area (Å²) in [4.78, 5) is 34.8. The number of fused-ring (bicyclic) bond motifs is 1. The van der Waals surface area contributed by atoms with Gasteiger partial charge in [-0.15, -0.1) is 0 Å². The number of carbonyl (C=O) groups is 3. The van der Waals surface area contributed by atoms with Gasteiger partial charge in [-0.1, -0.05) is 0 Å². The summed E-state index contributed by atoms with van der Waals surface area (Å²) in [5.74, 6) is -3.06. The lowest BCUT2D eigenvalue weighted by Gasteiger charge is -2.24. The summed E-state index contributed by atoms with van der Waals surface area (Å²) in [6.45, 7) is 0. The van der Waals surface area contributed by atoms with Crippen LogP contribution < -0.4 is 10.6 Å². The van der Waals surface area contributed by atoms with Crippen molar-refractivity contribution >= 4 is 29.2 Å². The van der Waals surface area contributed by atoms with E-state index in [1.54, 1.807) is 12.1 Å². The molecule has 1 aliphatic rings. The van der Waals surface area contributed by atoms with Crippen LogP contribution in [0, 0.1) is 0 Å². The molecule has 4 N–H and O–H groups in total. The maximum Gasteiger partial charge on any atom is 0.327 e. The Labute approximate surface area is 108 Å². The first kappa shape index (κ1) is 12.9. The molecule has 2 rings (SSSR count). The van der Waals surface area contributed by atoms with Crippen molar-refractivity contribution in [3.8, 4) is 0 Å². The van der Waals surface area contributed by atoms with E-state index in [4.69, 9.17) is 15.9 Å². The van der Waals surface area contributed by atoms with Crippen LogP contribution in [-0.2, 0) is 20.8 Å². The predicted octanol–water partition coefficient (Wildman–Crippen LogP) is 0.0858. The third-order valence-corrected chi connectivity index (χ3v) is 2.94. The fourth-order valence-corrected chi connectivity index (χ4v) is 2.16. The van der Waals surface area contributed by atoms with Crippen LogP contribution in [0.5, 0.6) is 0 Å². The Morgan fingerprint density at radius 3 is 2.63 bits per heavy atom. The highest BCUT2D eigenvalue weighted by atomic mass is 16.4. The molecule has 7 heteroatoms. The van der Waals surface area contributed by atoms with E-state index in [2.05, 4.69) is 0 Å². The molecule has 0 bridgehead atoms. The van der Waals surface area contributed by atoms with Gasteiger partial charge in [0.25, 0.3) is 0 Å². The second-order valence-corrected chi connectivity index (χ2v) is 4.28. The van der Waals surface area contributed by atoms with Gasteiger partial charge in [0.1, 0.15) is 6.04 Å². The minimum Gasteiger partial charge on any atom is -0.481 e. The molecule has 0 saturated heterocycles. The lowest BCUT2D eigenvalue weighted by molar-refractivity contribution is -0.145. The lowest BCUT2D eigenvalue weighted by atomic mass is 10.1. The van der Waals surface area contributed by atoms with Crippen molar-refractivity contribution < 1.29 is 24.6 Å². The predicted molar refractivity (Wildman–Crippen MR) is 65.7 cm³/mol. The van der Waals surface area contributed by atoms with E-state index in [1.807, 2.05) is 0 Å². The van der Waals surface area contributed by atoms with Crippen molar-refractivity contribution in [2.75, 3.05) is 10.6 Å². The molecule has 0 saturated carbocycles. The van der Waals surface area contributed by atoms with Crippen molar-refractivity contribution in [1.29, 1.82) is 0 Å². The standard InChI is InChI=1S/C12H12N2O5/c13-7-1-2-8-6(3-7)4-10(15)14(8)9(12(18)19)5-11(16)17/h1-3,9H,4-5,13H2,(H,16,17)(H,18,19). The molecule has 1 heterocycles. The number of nitrogen functional groups attached to an aromatic ring is 1. The molecular weight excluding hydrogens is 252 g/mol. The number of amides is 1. The first-order valence-corrected chi connectivity index (χ1v) is 5.55. The third kappa shape index (κ3) is 2.35. The molecule has 1 aromatic carbocycles. The van der Waals surface area contributed by atoms with Gasteiger partial charge in [-0.25, -0.2) is 4.79 Å². The van der Waals surface area contributed by atoms with Crippen LogP contribution in [0.2, 0.25) is 0 Å². The molecule has 0 fully saturated rings. The maximum atomic E-state index is 11.9. The van der Waals surface area contributed by atoms with Gasteiger partial charge in [-0.2, -0.15) is 0 Å². The fourth-order valence-electron chi connectivity index (χ4n) is 2.16. The Bertz CT molecular complexity index is 569. The van der Waals surface area contributed by atoms with Crippen molar-refractivity contribution in [2.24, 2.45) is 0 Å². The lowest BCUT2D eigenvalue weighted by Crippen LogP contribution is -2.44. The Morgan fingerprint density at radius 1 is 1.37 bits per heavy atom. The average Bonchev–Trinajstić information content (AvgIpc) is 2.60. The topological polar surface area (TPSA) is 121 Å². The zero-order valence-corrected chi connectivity index (χ0v) is 9.87. The summed E-state index contributed by atoms with van der Waals surface area (Å²) >= 11 is 0. The van der Waals surface area contributed by atoms with Crippen LogP contribution in [0.1, 0.15) is 12.0 Å². The molecule has 0 spiro atoms. The van der Waals surface area contributed by atoms with Crippen LogP contribution >= 0.6 is 0 Å². The van der Waals surface area contributed by atoms with E-state index in [9.17, 15) is 14.4 Å². The zero-order valence-electron chi connectivity index (χ0n) is 9.87. The maximum absolute atomic E-state index is 11.9. The van der Waals surface area contributed by atoms with E-state index >= 15 is 0 Å². The van der Waals surface area contributed by atoms with Gasteiger partial charge in [-0.05, 0) is 23.8 Å². The molecule has 1 amide bonds. The minimum atomic E-state index is -1.41. The molecule has 1 unspecified atom stereocenters. The number of benzene rings is 1. The Hall–Kier alpha value is -2.57. The first-order valence-electron chi connectivity index (χ1n) is 5.55. The zero-order chi connectivity index (χ0) is 14.2. The molecule has 0 radical (unpaired) electrons. The van der Waals surface area contributed by atoms with Gasteiger partial charge in [0.15, 0.2) is 0 Å². The second-order valence-electron chi connectivity index (χ2n) is 4.28. The SMILES string of the molecule is Nc1ccc2c(c1)CC(=O)N2C(CC(=O)O)C(=O)O. The smallest absolute Gasteiger partial charge is 0.327 e. The second kappa shape index (κ2) is 4.60.